The molecule has 1 unspecified atom stereocenters. The highest BCUT2D eigenvalue weighted by Crippen LogP contribution is 2.31. The average molecular weight is 596 g/mol. The van der Waals surface area contributed by atoms with E-state index >= 15 is 0 Å². The maximum absolute atomic E-state index is 13.9. The van der Waals surface area contributed by atoms with E-state index in [2.05, 4.69) is 22.5 Å². The Labute approximate surface area is 251 Å². The largest absolute Gasteiger partial charge is 0.455 e. The minimum Gasteiger partial charge on any atom is -0.455 e. The van der Waals surface area contributed by atoms with Crippen molar-refractivity contribution in [2.24, 2.45) is 11.8 Å². The number of rotatable bonds is 16. The zero-order chi connectivity index (χ0) is 31.7. The number of carbonyl (C=O) groups excluding carboxylic acids is 4. The molecule has 0 saturated carbocycles. The van der Waals surface area contributed by atoms with Gasteiger partial charge in [0.05, 0.1) is 5.54 Å². The summed E-state index contributed by atoms with van der Waals surface area (Å²) in [5.41, 5.74) is -0.523. The van der Waals surface area contributed by atoms with Gasteiger partial charge in [-0.05, 0) is 53.1 Å². The van der Waals surface area contributed by atoms with Crippen molar-refractivity contribution in [2.75, 3.05) is 21.1 Å². The van der Waals surface area contributed by atoms with Gasteiger partial charge in [-0.3, -0.25) is 24.1 Å². The number of nitrogens with zero attached hydrogens (tertiary/aromatic N) is 3. The number of hydrogen-bond donors (Lipinski definition) is 2. The summed E-state index contributed by atoms with van der Waals surface area (Å²) in [6, 6.07) is -1.03. The SMILES string of the molecule is CCCC(C)NC(=O)c1csc([C@@H](C[C@H](C(C)C)N(C)C(=O)[C@@H](NC(=O)C(C)(C)N(C)C)[C@@H](C)CC)OC(C)=O)n1. The number of thiazole rings is 1. The second-order valence-corrected chi connectivity index (χ2v) is 13.0. The van der Waals surface area contributed by atoms with E-state index in [0.717, 1.165) is 12.8 Å². The van der Waals surface area contributed by atoms with Gasteiger partial charge < -0.3 is 20.3 Å². The molecule has 0 aliphatic rings. The van der Waals surface area contributed by atoms with E-state index in [1.54, 1.807) is 17.3 Å². The van der Waals surface area contributed by atoms with E-state index in [9.17, 15) is 19.2 Å². The highest BCUT2D eigenvalue weighted by molar-refractivity contribution is 7.09. The number of amides is 3. The molecular formula is C30H53N5O5S. The van der Waals surface area contributed by atoms with Crippen LogP contribution in [0.1, 0.15) is 110 Å². The van der Waals surface area contributed by atoms with Crippen molar-refractivity contribution in [3.8, 4) is 0 Å². The number of ether oxygens (including phenoxy) is 1. The zero-order valence-corrected chi connectivity index (χ0v) is 28.0. The van der Waals surface area contributed by atoms with E-state index < -0.39 is 23.7 Å². The van der Waals surface area contributed by atoms with Gasteiger partial charge in [-0.2, -0.15) is 0 Å². The van der Waals surface area contributed by atoms with Gasteiger partial charge >= 0.3 is 5.97 Å². The second-order valence-electron chi connectivity index (χ2n) is 12.1. The van der Waals surface area contributed by atoms with Crippen LogP contribution in [0.2, 0.25) is 0 Å². The zero-order valence-electron chi connectivity index (χ0n) is 27.2. The van der Waals surface area contributed by atoms with E-state index in [1.807, 2.05) is 67.5 Å². The van der Waals surface area contributed by atoms with Crippen LogP contribution in [0.3, 0.4) is 0 Å². The third-order valence-electron chi connectivity index (χ3n) is 7.95. The van der Waals surface area contributed by atoms with Crippen molar-refractivity contribution >= 4 is 35.0 Å². The molecule has 2 N–H and O–H groups in total. The molecule has 5 atom stereocenters. The molecule has 10 nitrogen and oxygen atoms in total. The summed E-state index contributed by atoms with van der Waals surface area (Å²) in [6.45, 7) is 16.9. The van der Waals surface area contributed by atoms with E-state index in [1.165, 1.54) is 18.3 Å². The molecule has 41 heavy (non-hydrogen) atoms. The van der Waals surface area contributed by atoms with Gasteiger partial charge in [-0.25, -0.2) is 4.98 Å². The van der Waals surface area contributed by atoms with Gasteiger partial charge in [0.1, 0.15) is 16.7 Å². The van der Waals surface area contributed by atoms with Crippen molar-refractivity contribution in [2.45, 2.75) is 118 Å². The number of carbonyl (C=O) groups is 4. The number of aromatic nitrogens is 1. The molecule has 0 saturated heterocycles. The average Bonchev–Trinajstić information content (AvgIpc) is 3.38. The Morgan fingerprint density at radius 3 is 2.15 bits per heavy atom. The molecule has 1 aromatic heterocycles. The fourth-order valence-electron chi connectivity index (χ4n) is 4.43. The summed E-state index contributed by atoms with van der Waals surface area (Å²) in [6.07, 6.45) is 2.08. The molecule has 3 amide bonds. The van der Waals surface area contributed by atoms with Crippen LogP contribution in [-0.2, 0) is 19.1 Å². The minimum atomic E-state index is -0.800. The van der Waals surface area contributed by atoms with Crippen LogP contribution in [0.5, 0.6) is 0 Å². The number of esters is 1. The lowest BCUT2D eigenvalue weighted by molar-refractivity contribution is -0.149. The molecule has 0 spiro atoms. The Morgan fingerprint density at radius 1 is 1.05 bits per heavy atom. The molecule has 1 heterocycles. The molecule has 0 fully saturated rings. The van der Waals surface area contributed by atoms with Crippen LogP contribution in [0, 0.1) is 11.8 Å². The smallest absolute Gasteiger partial charge is 0.303 e. The molecule has 1 rings (SSSR count). The van der Waals surface area contributed by atoms with Gasteiger partial charge in [0.25, 0.3) is 5.91 Å². The Kier molecular flexibility index (Phi) is 14.4. The molecule has 0 radical (unpaired) electrons. The van der Waals surface area contributed by atoms with E-state index in [0.29, 0.717) is 17.8 Å². The Morgan fingerprint density at radius 2 is 1.66 bits per heavy atom. The van der Waals surface area contributed by atoms with Gasteiger partial charge in [-0.1, -0.05) is 47.5 Å². The molecule has 0 bridgehead atoms. The fourth-order valence-corrected chi connectivity index (χ4v) is 5.27. The van der Waals surface area contributed by atoms with Crippen molar-refractivity contribution in [1.29, 1.82) is 0 Å². The van der Waals surface area contributed by atoms with Crippen LogP contribution < -0.4 is 10.6 Å². The van der Waals surface area contributed by atoms with E-state index in [-0.39, 0.29) is 47.3 Å². The molecule has 234 valence electrons. The van der Waals surface area contributed by atoms with E-state index in [4.69, 9.17) is 4.74 Å². The van der Waals surface area contributed by atoms with Gasteiger partial charge in [-0.15, -0.1) is 11.3 Å². The van der Waals surface area contributed by atoms with Gasteiger partial charge in [0.2, 0.25) is 11.8 Å². The highest BCUT2D eigenvalue weighted by Gasteiger charge is 2.38. The fraction of sp³-hybridized carbons (Fsp3) is 0.767. The number of nitrogens with one attached hydrogen (secondary N) is 2. The first-order chi connectivity index (χ1) is 19.0. The van der Waals surface area contributed by atoms with Crippen LogP contribution in [-0.4, -0.2) is 83.3 Å². The summed E-state index contributed by atoms with van der Waals surface area (Å²) < 4.78 is 5.69. The molecule has 1 aromatic rings. The Hall–Kier alpha value is -2.53. The number of likely N-dealkylation sites (N-methyl/N-ethyl adjacent to an activating group) is 2. The topological polar surface area (TPSA) is 121 Å². The summed E-state index contributed by atoms with van der Waals surface area (Å²) in [4.78, 5) is 59.9. The first-order valence-electron chi connectivity index (χ1n) is 14.7. The predicted molar refractivity (Wildman–Crippen MR) is 164 cm³/mol. The lowest BCUT2D eigenvalue weighted by Crippen LogP contribution is -2.60. The van der Waals surface area contributed by atoms with Crippen LogP contribution in [0.4, 0.5) is 0 Å². The molecule has 11 heteroatoms. The lowest BCUT2D eigenvalue weighted by Gasteiger charge is -2.38. The summed E-state index contributed by atoms with van der Waals surface area (Å²) in [7, 11) is 5.39. The lowest BCUT2D eigenvalue weighted by atomic mass is 9.92. The monoisotopic (exact) mass is 595 g/mol. The normalized spacial score (nSPS) is 15.6. The van der Waals surface area contributed by atoms with Crippen molar-refractivity contribution in [3.05, 3.63) is 16.1 Å². The number of hydrogen-bond acceptors (Lipinski definition) is 8. The molecule has 0 aromatic carbocycles. The van der Waals surface area contributed by atoms with Crippen LogP contribution in [0.25, 0.3) is 0 Å². The molecule has 0 aliphatic carbocycles. The van der Waals surface area contributed by atoms with Crippen molar-refractivity contribution in [3.63, 3.8) is 0 Å². The maximum Gasteiger partial charge on any atom is 0.303 e. The van der Waals surface area contributed by atoms with Crippen LogP contribution >= 0.6 is 11.3 Å². The minimum absolute atomic E-state index is 0.00568. The highest BCUT2D eigenvalue weighted by atomic mass is 32.1. The third kappa shape index (κ3) is 10.4. The predicted octanol–water partition coefficient (Wildman–Crippen LogP) is 4.41. The van der Waals surface area contributed by atoms with Gasteiger partial charge in [0, 0.05) is 37.9 Å². The van der Waals surface area contributed by atoms with Crippen molar-refractivity contribution in [1.82, 2.24) is 25.4 Å². The second kappa shape index (κ2) is 16.2. The molecular weight excluding hydrogens is 542 g/mol. The maximum atomic E-state index is 13.9. The quantitative estimate of drug-likeness (QED) is 0.272. The molecule has 0 aliphatic heterocycles. The first-order valence-corrected chi connectivity index (χ1v) is 15.5. The Bertz CT molecular complexity index is 1020. The van der Waals surface area contributed by atoms with Crippen molar-refractivity contribution < 1.29 is 23.9 Å². The summed E-state index contributed by atoms with van der Waals surface area (Å²) in [5, 5.41) is 8.13. The first kappa shape index (κ1) is 36.5. The summed E-state index contributed by atoms with van der Waals surface area (Å²) in [5.74, 6) is -1.26. The Balaban J connectivity index is 3.27. The summed E-state index contributed by atoms with van der Waals surface area (Å²) >= 11 is 1.26. The standard InChI is InChI=1S/C30H53N5O5S/c1-13-15-20(6)31-26(37)22-17-41-27(32-22)24(40-21(7)36)16-23(18(3)4)35(12)28(38)25(19(5)14-2)33-29(39)30(8,9)34(10)11/h17-20,23-25H,13-16H2,1-12H3,(H,31,37)(H,33,39)/t19-,20?,23+,24+,25-/m0/s1. The third-order valence-corrected chi connectivity index (χ3v) is 8.88. The van der Waals surface area contributed by atoms with Crippen LogP contribution in [0.15, 0.2) is 5.38 Å². The van der Waals surface area contributed by atoms with Gasteiger partial charge in [0.15, 0.2) is 6.10 Å².